The Kier molecular flexibility index (Phi) is 6.67. The van der Waals surface area contributed by atoms with Crippen LogP contribution in [0, 0.1) is 11.3 Å². The van der Waals surface area contributed by atoms with Crippen LogP contribution >= 0.6 is 15.9 Å². The summed E-state index contributed by atoms with van der Waals surface area (Å²) in [7, 11) is 0. The summed E-state index contributed by atoms with van der Waals surface area (Å²) in [4.78, 5) is 16.4. The van der Waals surface area contributed by atoms with E-state index >= 15 is 0 Å². The Balaban J connectivity index is 2.09. The molecule has 0 aliphatic rings. The highest BCUT2D eigenvalue weighted by Crippen LogP contribution is 2.10. The van der Waals surface area contributed by atoms with Gasteiger partial charge in [-0.05, 0) is 46.1 Å². The fourth-order valence-electron chi connectivity index (χ4n) is 2.12. The Hall–Kier alpha value is -2.49. The van der Waals surface area contributed by atoms with Crippen molar-refractivity contribution in [1.29, 1.82) is 5.26 Å². The average Bonchev–Trinajstić information content (AvgIpc) is 2.60. The minimum Gasteiger partial charge on any atom is -0.394 e. The zero-order chi connectivity index (χ0) is 17.4. The first kappa shape index (κ1) is 17.9. The van der Waals surface area contributed by atoms with Gasteiger partial charge in [0, 0.05) is 0 Å². The molecular weight excluding hydrogens is 370 g/mol. The van der Waals surface area contributed by atoms with Crippen LogP contribution in [-0.4, -0.2) is 28.6 Å². The van der Waals surface area contributed by atoms with Gasteiger partial charge in [-0.25, -0.2) is 4.98 Å². The lowest BCUT2D eigenvalue weighted by atomic mass is 10.1. The number of nitrogens with zero attached hydrogens (tertiary/aromatic N) is 2. The number of benzene rings is 1. The number of aliphatic hydroxyl groups excluding tert-OH is 1. The Morgan fingerprint density at radius 1 is 1.29 bits per heavy atom. The summed E-state index contributed by atoms with van der Waals surface area (Å²) in [6, 6.07) is 16.2. The van der Waals surface area contributed by atoms with E-state index in [0.717, 1.165) is 5.56 Å². The SMILES string of the molecule is N#C/C(=C\c1cccc(Br)n1)C(=O)NC(CO)Cc1ccccc1. The number of aliphatic hydroxyl groups is 1. The molecular formula is C18H16BrN3O2. The van der Waals surface area contributed by atoms with Gasteiger partial charge in [-0.2, -0.15) is 5.26 Å². The molecule has 2 rings (SSSR count). The molecule has 1 heterocycles. The molecule has 0 aliphatic carbocycles. The molecule has 0 fully saturated rings. The van der Waals surface area contributed by atoms with Crippen LogP contribution in [0.2, 0.25) is 0 Å². The van der Waals surface area contributed by atoms with E-state index < -0.39 is 11.9 Å². The summed E-state index contributed by atoms with van der Waals surface area (Å²) in [6.07, 6.45) is 1.90. The largest absolute Gasteiger partial charge is 0.394 e. The number of aromatic nitrogens is 1. The van der Waals surface area contributed by atoms with Gasteiger partial charge in [-0.3, -0.25) is 4.79 Å². The number of pyridine rings is 1. The van der Waals surface area contributed by atoms with Crippen molar-refractivity contribution in [2.45, 2.75) is 12.5 Å². The average molecular weight is 386 g/mol. The predicted octanol–water partition coefficient (Wildman–Crippen LogP) is 2.47. The Bertz CT molecular complexity index is 769. The van der Waals surface area contributed by atoms with Crippen LogP contribution in [0.15, 0.2) is 58.7 Å². The third-order valence-electron chi connectivity index (χ3n) is 3.27. The summed E-state index contributed by atoms with van der Waals surface area (Å²) in [5.74, 6) is -0.533. The van der Waals surface area contributed by atoms with Crippen molar-refractivity contribution in [3.8, 4) is 6.07 Å². The maximum absolute atomic E-state index is 12.3. The summed E-state index contributed by atoms with van der Waals surface area (Å²) in [5, 5.41) is 21.4. The van der Waals surface area contributed by atoms with Gasteiger partial charge in [0.05, 0.1) is 18.3 Å². The van der Waals surface area contributed by atoms with Crippen molar-refractivity contribution in [3.63, 3.8) is 0 Å². The maximum Gasteiger partial charge on any atom is 0.262 e. The molecule has 0 radical (unpaired) electrons. The predicted molar refractivity (Wildman–Crippen MR) is 94.7 cm³/mol. The minimum atomic E-state index is -0.533. The van der Waals surface area contributed by atoms with Gasteiger partial charge in [0.25, 0.3) is 5.91 Å². The van der Waals surface area contributed by atoms with E-state index in [1.807, 2.05) is 36.4 Å². The number of carbonyl (C=O) groups is 1. The van der Waals surface area contributed by atoms with Gasteiger partial charge < -0.3 is 10.4 Å². The third-order valence-corrected chi connectivity index (χ3v) is 3.72. The van der Waals surface area contributed by atoms with Crippen molar-refractivity contribution < 1.29 is 9.90 Å². The minimum absolute atomic E-state index is 0.0629. The molecule has 2 N–H and O–H groups in total. The van der Waals surface area contributed by atoms with Crippen LogP contribution in [0.4, 0.5) is 0 Å². The first-order chi connectivity index (χ1) is 11.6. The van der Waals surface area contributed by atoms with Crippen LogP contribution < -0.4 is 5.32 Å². The Morgan fingerprint density at radius 2 is 2.04 bits per heavy atom. The number of rotatable bonds is 6. The number of nitriles is 1. The van der Waals surface area contributed by atoms with Crippen LogP contribution in [0.5, 0.6) is 0 Å². The van der Waals surface area contributed by atoms with Crippen LogP contribution in [0.25, 0.3) is 6.08 Å². The molecule has 122 valence electrons. The van der Waals surface area contributed by atoms with E-state index in [0.29, 0.717) is 16.7 Å². The van der Waals surface area contributed by atoms with Crippen molar-refractivity contribution in [2.24, 2.45) is 0 Å². The Labute approximate surface area is 148 Å². The Morgan fingerprint density at radius 3 is 2.67 bits per heavy atom. The fraction of sp³-hybridized carbons (Fsp3) is 0.167. The molecule has 0 saturated carbocycles. The van der Waals surface area contributed by atoms with Crippen LogP contribution in [-0.2, 0) is 11.2 Å². The lowest BCUT2D eigenvalue weighted by molar-refractivity contribution is -0.118. The van der Waals surface area contributed by atoms with Crippen molar-refractivity contribution in [1.82, 2.24) is 10.3 Å². The first-order valence-electron chi connectivity index (χ1n) is 7.32. The summed E-state index contributed by atoms with van der Waals surface area (Å²) < 4.78 is 0.617. The lowest BCUT2D eigenvalue weighted by Gasteiger charge is -2.16. The van der Waals surface area contributed by atoms with E-state index in [4.69, 9.17) is 0 Å². The molecule has 1 aromatic carbocycles. The number of halogens is 1. The van der Waals surface area contributed by atoms with Gasteiger partial charge in [-0.1, -0.05) is 36.4 Å². The van der Waals surface area contributed by atoms with E-state index in [1.165, 1.54) is 6.08 Å². The van der Waals surface area contributed by atoms with Gasteiger partial charge in [0.1, 0.15) is 16.2 Å². The topological polar surface area (TPSA) is 86.0 Å². The number of amides is 1. The van der Waals surface area contributed by atoms with E-state index in [-0.39, 0.29) is 12.2 Å². The zero-order valence-corrected chi connectivity index (χ0v) is 14.4. The van der Waals surface area contributed by atoms with E-state index in [2.05, 4.69) is 26.2 Å². The molecule has 0 spiro atoms. The van der Waals surface area contributed by atoms with Crippen LogP contribution in [0.3, 0.4) is 0 Å². The van der Waals surface area contributed by atoms with Crippen LogP contribution in [0.1, 0.15) is 11.3 Å². The highest BCUT2D eigenvalue weighted by Gasteiger charge is 2.16. The molecule has 6 heteroatoms. The molecule has 0 aliphatic heterocycles. The number of nitrogens with one attached hydrogen (secondary N) is 1. The fourth-order valence-corrected chi connectivity index (χ4v) is 2.48. The van der Waals surface area contributed by atoms with Gasteiger partial charge in [-0.15, -0.1) is 0 Å². The van der Waals surface area contributed by atoms with Gasteiger partial charge >= 0.3 is 0 Å². The monoisotopic (exact) mass is 385 g/mol. The van der Waals surface area contributed by atoms with E-state index in [9.17, 15) is 15.2 Å². The maximum atomic E-state index is 12.3. The molecule has 24 heavy (non-hydrogen) atoms. The molecule has 5 nitrogen and oxygen atoms in total. The smallest absolute Gasteiger partial charge is 0.262 e. The molecule has 0 saturated heterocycles. The molecule has 1 aromatic heterocycles. The third kappa shape index (κ3) is 5.30. The van der Waals surface area contributed by atoms with Gasteiger partial charge in [0.2, 0.25) is 0 Å². The van der Waals surface area contributed by atoms with Crippen molar-refractivity contribution >= 4 is 27.9 Å². The summed E-state index contributed by atoms with van der Waals surface area (Å²) in [6.45, 7) is -0.214. The highest BCUT2D eigenvalue weighted by atomic mass is 79.9. The summed E-state index contributed by atoms with van der Waals surface area (Å²) in [5.41, 5.74) is 1.43. The molecule has 1 atom stereocenters. The first-order valence-corrected chi connectivity index (χ1v) is 8.11. The zero-order valence-electron chi connectivity index (χ0n) is 12.8. The molecule has 1 amide bonds. The second-order valence-corrected chi connectivity index (χ2v) is 5.91. The van der Waals surface area contributed by atoms with Crippen molar-refractivity contribution in [3.05, 3.63) is 70.0 Å². The number of hydrogen-bond acceptors (Lipinski definition) is 4. The normalized spacial score (nSPS) is 12.3. The second-order valence-electron chi connectivity index (χ2n) is 5.10. The highest BCUT2D eigenvalue weighted by molar-refractivity contribution is 9.10. The van der Waals surface area contributed by atoms with Gasteiger partial charge in [0.15, 0.2) is 0 Å². The lowest BCUT2D eigenvalue weighted by Crippen LogP contribution is -2.39. The number of carbonyl (C=O) groups excluding carboxylic acids is 1. The molecule has 0 bridgehead atoms. The summed E-state index contributed by atoms with van der Waals surface area (Å²) >= 11 is 3.24. The molecule has 2 aromatic rings. The van der Waals surface area contributed by atoms with E-state index in [1.54, 1.807) is 18.2 Å². The quantitative estimate of drug-likeness (QED) is 0.454. The number of hydrogen-bond donors (Lipinski definition) is 2. The second kappa shape index (κ2) is 8.96. The standard InChI is InChI=1S/C18H16BrN3O2/c19-17-8-4-7-15(21-17)10-14(11-20)18(24)22-16(12-23)9-13-5-2-1-3-6-13/h1-8,10,16,23H,9,12H2,(H,22,24)/b14-10+. The van der Waals surface area contributed by atoms with Crippen molar-refractivity contribution in [2.75, 3.05) is 6.61 Å². The molecule has 1 unspecified atom stereocenters.